The number of ether oxygens (including phenoxy) is 2. The van der Waals surface area contributed by atoms with Gasteiger partial charge in [0, 0.05) is 51.7 Å². The second-order valence-corrected chi connectivity index (χ2v) is 8.88. The van der Waals surface area contributed by atoms with Gasteiger partial charge in [-0.1, -0.05) is 0 Å². The van der Waals surface area contributed by atoms with Crippen LogP contribution in [0.1, 0.15) is 11.1 Å². The molecule has 0 bridgehead atoms. The second kappa shape index (κ2) is 13.1. The number of amides is 1. The van der Waals surface area contributed by atoms with E-state index in [1.807, 2.05) is 6.07 Å². The third-order valence-electron chi connectivity index (χ3n) is 6.41. The molecule has 5 heterocycles. The molecule has 0 saturated carbocycles. The molecule has 11 nitrogen and oxygen atoms in total. The van der Waals surface area contributed by atoms with E-state index in [2.05, 4.69) is 40.2 Å². The van der Waals surface area contributed by atoms with Crippen molar-refractivity contribution in [2.24, 2.45) is 0 Å². The van der Waals surface area contributed by atoms with E-state index in [4.69, 9.17) is 4.74 Å². The van der Waals surface area contributed by atoms with E-state index >= 15 is 0 Å². The van der Waals surface area contributed by atoms with Gasteiger partial charge in [-0.15, -0.1) is 29.9 Å². The summed E-state index contributed by atoms with van der Waals surface area (Å²) in [5, 5.41) is 10.0. The summed E-state index contributed by atoms with van der Waals surface area (Å²) in [6.07, 6.45) is -1.10. The minimum atomic E-state index is -4.72. The van der Waals surface area contributed by atoms with Gasteiger partial charge in [-0.05, 0) is 17.7 Å². The molecule has 1 amide bonds. The predicted octanol–water partition coefficient (Wildman–Crippen LogP) is 2.90. The molecule has 3 aromatic heterocycles. The van der Waals surface area contributed by atoms with Gasteiger partial charge in [-0.2, -0.15) is 13.2 Å². The Kier molecular flexibility index (Phi) is 10.3. The van der Waals surface area contributed by atoms with Crippen molar-refractivity contribution in [2.45, 2.75) is 18.9 Å². The molecule has 2 aliphatic heterocycles. The minimum absolute atomic E-state index is 0. The molecule has 0 aliphatic carbocycles. The Morgan fingerprint density at radius 2 is 1.95 bits per heavy atom. The summed E-state index contributed by atoms with van der Waals surface area (Å²) in [7, 11) is 1.10. The van der Waals surface area contributed by atoms with Gasteiger partial charge >= 0.3 is 12.3 Å². The van der Waals surface area contributed by atoms with Crippen molar-refractivity contribution in [3.05, 3.63) is 41.9 Å². The number of piperazine rings is 1. The fourth-order valence-electron chi connectivity index (χ4n) is 4.59. The van der Waals surface area contributed by atoms with E-state index in [9.17, 15) is 18.0 Å². The number of pyridine rings is 1. The van der Waals surface area contributed by atoms with Crippen molar-refractivity contribution in [3.8, 4) is 11.4 Å². The number of alkyl halides is 3. The molecule has 2 fully saturated rings. The van der Waals surface area contributed by atoms with Crippen LogP contribution in [0.25, 0.3) is 16.9 Å². The van der Waals surface area contributed by atoms with Gasteiger partial charge < -0.3 is 9.47 Å². The van der Waals surface area contributed by atoms with Crippen molar-refractivity contribution in [2.75, 3.05) is 58.4 Å². The second-order valence-electron chi connectivity index (χ2n) is 8.88. The normalized spacial score (nSPS) is 18.7. The number of carbonyl (C=O) groups is 1. The molecule has 2 N–H and O–H groups in total. The van der Waals surface area contributed by atoms with Crippen molar-refractivity contribution in [1.82, 2.24) is 34.7 Å². The first-order valence-corrected chi connectivity index (χ1v) is 11.8. The topological polar surface area (TPSA) is 109 Å². The zero-order chi connectivity index (χ0) is 26.0. The Morgan fingerprint density at radius 3 is 2.67 bits per heavy atom. The third kappa shape index (κ3) is 7.26. The van der Waals surface area contributed by atoms with E-state index in [1.165, 1.54) is 10.7 Å². The number of fused-ring (bicyclic) bond motifs is 1. The first-order valence-electron chi connectivity index (χ1n) is 11.8. The standard InChI is InChI=1S/C23H27F3N8O3.2ClH/c1-36-22(35)30-19-9-18(23(24,25)26)17(11-28-19)21-29-10-16-8-15(13-34(16)31-21)12-32-3-2-27-20(14-32)33-4-6-37-7-5-33;;/h8-11,13,20,27H,2-7,12,14H2,1H3,(H,28,30,35);2*1H. The molecule has 1 unspecified atom stereocenters. The third-order valence-corrected chi connectivity index (χ3v) is 6.41. The average molecular weight is 593 g/mol. The van der Waals surface area contributed by atoms with Gasteiger partial charge in [0.15, 0.2) is 5.82 Å². The molecule has 0 aromatic carbocycles. The zero-order valence-corrected chi connectivity index (χ0v) is 22.6. The molecule has 3 aromatic rings. The lowest BCUT2D eigenvalue weighted by Crippen LogP contribution is -2.60. The molecule has 2 aliphatic rings. The van der Waals surface area contributed by atoms with Crippen LogP contribution >= 0.6 is 24.8 Å². The summed E-state index contributed by atoms with van der Waals surface area (Å²) in [4.78, 5) is 24.2. The highest BCUT2D eigenvalue weighted by atomic mass is 35.5. The van der Waals surface area contributed by atoms with Crippen LogP contribution in [0.4, 0.5) is 23.8 Å². The summed E-state index contributed by atoms with van der Waals surface area (Å²) < 4.78 is 52.9. The molecular weight excluding hydrogens is 564 g/mol. The van der Waals surface area contributed by atoms with Crippen LogP contribution in [-0.4, -0.2) is 94.7 Å². The maximum atomic E-state index is 13.8. The Bertz CT molecular complexity index is 1270. The predicted molar refractivity (Wildman–Crippen MR) is 141 cm³/mol. The Morgan fingerprint density at radius 1 is 1.18 bits per heavy atom. The largest absolute Gasteiger partial charge is 0.453 e. The molecule has 16 heteroatoms. The van der Waals surface area contributed by atoms with Crippen molar-refractivity contribution < 1.29 is 27.4 Å². The van der Waals surface area contributed by atoms with Crippen molar-refractivity contribution in [3.63, 3.8) is 0 Å². The van der Waals surface area contributed by atoms with Gasteiger partial charge in [0.2, 0.25) is 0 Å². The number of hydrogen-bond donors (Lipinski definition) is 2. The molecule has 0 radical (unpaired) electrons. The SMILES string of the molecule is COC(=O)Nc1cc(C(F)(F)F)c(-c2ncc3cc(CN4CCNC(N5CCOCC5)C4)cn3n2)cn1.Cl.Cl. The van der Waals surface area contributed by atoms with Crippen LogP contribution in [0.2, 0.25) is 0 Å². The maximum Gasteiger partial charge on any atom is 0.417 e. The van der Waals surface area contributed by atoms with Gasteiger partial charge in [-0.25, -0.2) is 19.3 Å². The highest BCUT2D eigenvalue weighted by Gasteiger charge is 2.35. The number of hydrogen-bond acceptors (Lipinski definition) is 9. The average Bonchev–Trinajstić information content (AvgIpc) is 3.30. The summed E-state index contributed by atoms with van der Waals surface area (Å²) in [6.45, 7) is 6.56. The molecule has 2 saturated heterocycles. The fourth-order valence-corrected chi connectivity index (χ4v) is 4.59. The van der Waals surface area contributed by atoms with E-state index in [-0.39, 0.29) is 48.2 Å². The number of halogens is 5. The van der Waals surface area contributed by atoms with E-state index in [1.54, 1.807) is 6.20 Å². The van der Waals surface area contributed by atoms with E-state index in [0.29, 0.717) is 12.1 Å². The molecule has 214 valence electrons. The maximum absolute atomic E-state index is 13.8. The van der Waals surface area contributed by atoms with Crippen molar-refractivity contribution >= 4 is 42.2 Å². The zero-order valence-electron chi connectivity index (χ0n) is 21.0. The lowest BCUT2D eigenvalue weighted by atomic mass is 10.1. The molecule has 1 atom stereocenters. The highest BCUT2D eigenvalue weighted by Crippen LogP contribution is 2.36. The number of methoxy groups -OCH3 is 1. The number of nitrogens with one attached hydrogen (secondary N) is 2. The summed E-state index contributed by atoms with van der Waals surface area (Å²) in [5.41, 5.74) is 0.344. The van der Waals surface area contributed by atoms with Crippen LogP contribution in [0.5, 0.6) is 0 Å². The summed E-state index contributed by atoms with van der Waals surface area (Å²) in [5.74, 6) is -0.424. The number of anilines is 1. The first-order chi connectivity index (χ1) is 17.8. The van der Waals surface area contributed by atoms with E-state index < -0.39 is 17.8 Å². The lowest BCUT2D eigenvalue weighted by Gasteiger charge is -2.41. The van der Waals surface area contributed by atoms with Gasteiger partial charge in [0.05, 0.1) is 49.3 Å². The van der Waals surface area contributed by atoms with Crippen LogP contribution in [0.3, 0.4) is 0 Å². The first kappa shape index (κ1) is 30.8. The number of rotatable bonds is 5. The molecular formula is C23H29Cl2F3N8O3. The van der Waals surface area contributed by atoms with Crippen LogP contribution in [0, 0.1) is 0 Å². The van der Waals surface area contributed by atoms with Crippen LogP contribution < -0.4 is 10.6 Å². The number of carbonyl (C=O) groups excluding carboxylic acids is 1. The molecule has 39 heavy (non-hydrogen) atoms. The van der Waals surface area contributed by atoms with Crippen LogP contribution in [0.15, 0.2) is 30.7 Å². The van der Waals surface area contributed by atoms with E-state index in [0.717, 1.165) is 70.9 Å². The monoisotopic (exact) mass is 592 g/mol. The number of aromatic nitrogens is 4. The molecule has 5 rings (SSSR count). The Balaban J connectivity index is 0.00000210. The van der Waals surface area contributed by atoms with Gasteiger partial charge in [0.1, 0.15) is 5.82 Å². The van der Waals surface area contributed by atoms with Gasteiger partial charge in [0.25, 0.3) is 0 Å². The minimum Gasteiger partial charge on any atom is -0.453 e. The number of morpholine rings is 1. The molecule has 0 spiro atoms. The van der Waals surface area contributed by atoms with Gasteiger partial charge in [-0.3, -0.25) is 20.4 Å². The fraction of sp³-hybridized carbons (Fsp3) is 0.478. The van der Waals surface area contributed by atoms with Crippen LogP contribution in [-0.2, 0) is 22.2 Å². The quantitative estimate of drug-likeness (QED) is 0.462. The summed E-state index contributed by atoms with van der Waals surface area (Å²) in [6, 6.07) is 2.66. The van der Waals surface area contributed by atoms with Crippen molar-refractivity contribution in [1.29, 1.82) is 0 Å². The number of nitrogens with zero attached hydrogens (tertiary/aromatic N) is 6. The smallest absolute Gasteiger partial charge is 0.417 e. The Hall–Kier alpha value is -2.75. The Labute approximate surface area is 234 Å². The summed E-state index contributed by atoms with van der Waals surface area (Å²) >= 11 is 0. The lowest BCUT2D eigenvalue weighted by molar-refractivity contribution is -0.137. The highest BCUT2D eigenvalue weighted by molar-refractivity contribution is 5.85.